The summed E-state index contributed by atoms with van der Waals surface area (Å²) in [5, 5.41) is 26.0. The average Bonchev–Trinajstić information content (AvgIpc) is 3.64. The van der Waals surface area contributed by atoms with E-state index in [2.05, 4.69) is 22.9 Å². The summed E-state index contributed by atoms with van der Waals surface area (Å²) in [6.07, 6.45) is -0.0895. The highest BCUT2D eigenvalue weighted by Crippen LogP contribution is 2.51. The van der Waals surface area contributed by atoms with E-state index >= 15 is 0 Å². The number of benzene rings is 4. The molecule has 4 atom stereocenters. The largest absolute Gasteiger partial charge is 0.508 e. The second-order valence-corrected chi connectivity index (χ2v) is 11.9. The molecule has 3 N–H and O–H groups in total. The highest BCUT2D eigenvalue weighted by Gasteiger charge is 2.68. The topological polar surface area (TPSA) is 129 Å². The number of nitrogens with zero attached hydrogens (tertiary/aromatic N) is 2. The van der Waals surface area contributed by atoms with Crippen LogP contribution in [-0.2, 0) is 27.3 Å². The van der Waals surface area contributed by atoms with E-state index in [0.29, 0.717) is 16.7 Å². The van der Waals surface area contributed by atoms with Crippen LogP contribution < -0.4 is 10.2 Å². The van der Waals surface area contributed by atoms with E-state index < -0.39 is 41.2 Å². The van der Waals surface area contributed by atoms with Gasteiger partial charge in [0.05, 0.1) is 17.5 Å². The molecule has 0 radical (unpaired) electrons. The quantitative estimate of drug-likeness (QED) is 0.172. The summed E-state index contributed by atoms with van der Waals surface area (Å²) in [6.45, 7) is 4.27. The summed E-state index contributed by atoms with van der Waals surface area (Å²) >= 11 is 0. The smallest absolute Gasteiger partial charge is 0.325 e. The zero-order valence-electron chi connectivity index (χ0n) is 24.7. The van der Waals surface area contributed by atoms with Crippen molar-refractivity contribution in [2.24, 2.45) is 11.8 Å². The van der Waals surface area contributed by atoms with Crippen LogP contribution >= 0.6 is 0 Å². The van der Waals surface area contributed by atoms with Crippen molar-refractivity contribution in [2.75, 3.05) is 4.90 Å². The standard InChI is InChI=1S/C36H31N3O6/c1-3-38-28-7-5-4-6-26(28)27-18-23(12-17-29(27)38)32-30-31(36(37-32,35(44)45)19-21-8-15-25(41)16-9-21)34(43)39(33(30)42)24-13-10-22(11-14-24)20(2)40/h4-18,30-32,37,41H,3,19H2,1-2H3,(H,44,45). The number of fused-ring (bicyclic) bond motifs is 4. The normalized spacial score (nSPS) is 22.8. The van der Waals surface area contributed by atoms with Crippen molar-refractivity contribution in [3.05, 3.63) is 108 Å². The van der Waals surface area contributed by atoms with Crippen molar-refractivity contribution in [1.29, 1.82) is 0 Å². The van der Waals surface area contributed by atoms with Crippen LogP contribution in [-0.4, -0.2) is 43.9 Å². The third kappa shape index (κ3) is 4.26. The first-order valence-electron chi connectivity index (χ1n) is 14.9. The molecule has 5 aromatic rings. The monoisotopic (exact) mass is 601 g/mol. The Hall–Kier alpha value is -5.28. The predicted octanol–water partition coefficient (Wildman–Crippen LogP) is 5.24. The van der Waals surface area contributed by atoms with Gasteiger partial charge in [-0.25, -0.2) is 4.90 Å². The molecular formula is C36H31N3O6. The maximum absolute atomic E-state index is 14.3. The molecule has 9 nitrogen and oxygen atoms in total. The Bertz CT molecular complexity index is 2030. The molecule has 9 heteroatoms. The number of aromatic nitrogens is 1. The van der Waals surface area contributed by atoms with Crippen molar-refractivity contribution in [1.82, 2.24) is 9.88 Å². The Morgan fingerprint density at radius 2 is 1.56 bits per heavy atom. The number of hydrogen-bond acceptors (Lipinski definition) is 6. The summed E-state index contributed by atoms with van der Waals surface area (Å²) in [7, 11) is 0. The second-order valence-electron chi connectivity index (χ2n) is 11.9. The van der Waals surface area contributed by atoms with Crippen LogP contribution in [0.4, 0.5) is 5.69 Å². The molecule has 3 heterocycles. The number of phenolic OH excluding ortho intramolecular Hbond substituents is 1. The van der Waals surface area contributed by atoms with E-state index in [0.717, 1.165) is 33.3 Å². The van der Waals surface area contributed by atoms with Gasteiger partial charge in [-0.1, -0.05) is 36.4 Å². The fourth-order valence-electron chi connectivity index (χ4n) is 7.37. The molecule has 2 amide bonds. The van der Waals surface area contributed by atoms with E-state index in [1.165, 1.54) is 19.1 Å². The minimum Gasteiger partial charge on any atom is -0.508 e. The van der Waals surface area contributed by atoms with E-state index in [-0.39, 0.29) is 23.6 Å². The van der Waals surface area contributed by atoms with E-state index in [1.807, 2.05) is 36.4 Å². The van der Waals surface area contributed by atoms with E-state index in [9.17, 15) is 29.4 Å². The highest BCUT2D eigenvalue weighted by molar-refractivity contribution is 6.24. The Morgan fingerprint density at radius 3 is 2.22 bits per heavy atom. The summed E-state index contributed by atoms with van der Waals surface area (Å²) in [4.78, 5) is 54.9. The van der Waals surface area contributed by atoms with Gasteiger partial charge in [0.25, 0.3) is 0 Å². The lowest BCUT2D eigenvalue weighted by Gasteiger charge is -2.31. The molecule has 2 saturated heterocycles. The fourth-order valence-corrected chi connectivity index (χ4v) is 7.37. The molecule has 226 valence electrons. The van der Waals surface area contributed by atoms with Gasteiger partial charge in [0.2, 0.25) is 11.8 Å². The lowest BCUT2D eigenvalue weighted by Crippen LogP contribution is -2.57. The summed E-state index contributed by atoms with van der Waals surface area (Å²) in [6, 6.07) is 25.6. The number of aromatic hydroxyl groups is 1. The average molecular weight is 602 g/mol. The zero-order valence-corrected chi connectivity index (χ0v) is 24.7. The van der Waals surface area contributed by atoms with Crippen LogP contribution in [0, 0.1) is 11.8 Å². The third-order valence-electron chi connectivity index (χ3n) is 9.46. The van der Waals surface area contributed by atoms with Crippen LogP contribution in [0.25, 0.3) is 21.8 Å². The fraction of sp³-hybridized carbons (Fsp3) is 0.222. The number of carbonyl (C=O) groups is 4. The number of amides is 2. The molecule has 4 unspecified atom stereocenters. The number of ketones is 1. The van der Waals surface area contributed by atoms with Gasteiger partial charge in [-0.2, -0.15) is 0 Å². The number of para-hydroxylation sites is 1. The van der Waals surface area contributed by atoms with E-state index in [1.54, 1.807) is 36.4 Å². The second kappa shape index (κ2) is 10.4. The summed E-state index contributed by atoms with van der Waals surface area (Å²) in [5.41, 5.74) is 2.29. The molecule has 45 heavy (non-hydrogen) atoms. The molecule has 7 rings (SSSR count). The van der Waals surface area contributed by atoms with Crippen LogP contribution in [0.1, 0.15) is 41.4 Å². The van der Waals surface area contributed by atoms with Crippen molar-refractivity contribution in [3.8, 4) is 5.75 Å². The molecule has 0 saturated carbocycles. The van der Waals surface area contributed by atoms with Gasteiger partial charge in [-0.3, -0.25) is 24.5 Å². The third-order valence-corrected chi connectivity index (χ3v) is 9.46. The number of Topliss-reactive ketones (excluding diaryl/α,β-unsaturated/α-hetero) is 1. The number of aryl methyl sites for hydroxylation is 1. The lowest BCUT2D eigenvalue weighted by molar-refractivity contribution is -0.148. The van der Waals surface area contributed by atoms with Crippen molar-refractivity contribution >= 4 is 51.1 Å². The minimum atomic E-state index is -1.82. The minimum absolute atomic E-state index is 0.0325. The van der Waals surface area contributed by atoms with Crippen LogP contribution in [0.2, 0.25) is 0 Å². The van der Waals surface area contributed by atoms with Crippen LogP contribution in [0.15, 0.2) is 91.0 Å². The number of rotatable bonds is 7. The van der Waals surface area contributed by atoms with Crippen LogP contribution in [0.3, 0.4) is 0 Å². The molecule has 2 fully saturated rings. The zero-order chi connectivity index (χ0) is 31.6. The summed E-state index contributed by atoms with van der Waals surface area (Å²) < 4.78 is 2.21. The van der Waals surface area contributed by atoms with Gasteiger partial charge in [0, 0.05) is 46.4 Å². The number of carbonyl (C=O) groups excluding carboxylic acids is 3. The van der Waals surface area contributed by atoms with Gasteiger partial charge in [0.15, 0.2) is 5.78 Å². The molecular weight excluding hydrogens is 570 g/mol. The van der Waals surface area contributed by atoms with Gasteiger partial charge in [0.1, 0.15) is 11.3 Å². The number of phenols is 1. The van der Waals surface area contributed by atoms with Gasteiger partial charge in [-0.05, 0) is 79.6 Å². The Morgan fingerprint density at radius 1 is 0.867 bits per heavy atom. The van der Waals surface area contributed by atoms with E-state index in [4.69, 9.17) is 0 Å². The lowest BCUT2D eigenvalue weighted by atomic mass is 9.76. The molecule has 0 bridgehead atoms. The van der Waals surface area contributed by atoms with Gasteiger partial charge < -0.3 is 14.8 Å². The SMILES string of the molecule is CCn1c2ccccc2c2cc(C3NC(Cc4ccc(O)cc4)(C(=O)O)C4C(=O)N(c5ccc(C(C)=O)cc5)C(=O)C34)ccc21. The first kappa shape index (κ1) is 28.5. The van der Waals surface area contributed by atoms with Crippen molar-refractivity contribution in [3.63, 3.8) is 0 Å². The summed E-state index contributed by atoms with van der Waals surface area (Å²) in [5.74, 6) is -4.70. The maximum atomic E-state index is 14.3. The Balaban J connectivity index is 1.39. The first-order valence-corrected chi connectivity index (χ1v) is 14.9. The van der Waals surface area contributed by atoms with Gasteiger partial charge >= 0.3 is 5.97 Å². The number of anilines is 1. The number of aliphatic carboxylic acids is 1. The maximum Gasteiger partial charge on any atom is 0.325 e. The number of carboxylic acid groups (broad SMARTS) is 1. The van der Waals surface area contributed by atoms with Crippen LogP contribution in [0.5, 0.6) is 5.75 Å². The Labute approximate surface area is 258 Å². The highest BCUT2D eigenvalue weighted by atomic mass is 16.4. The molecule has 2 aliphatic rings. The molecule has 2 aliphatic heterocycles. The van der Waals surface area contributed by atoms with Crippen molar-refractivity contribution < 1.29 is 29.4 Å². The first-order chi connectivity index (χ1) is 21.6. The number of imide groups is 1. The molecule has 0 aliphatic carbocycles. The Kier molecular flexibility index (Phi) is 6.60. The predicted molar refractivity (Wildman–Crippen MR) is 169 cm³/mol. The number of nitrogens with one attached hydrogen (secondary N) is 1. The molecule has 1 aromatic heterocycles. The van der Waals surface area contributed by atoms with Gasteiger partial charge in [-0.15, -0.1) is 0 Å². The molecule has 0 spiro atoms. The molecule has 4 aromatic carbocycles. The number of hydrogen-bond donors (Lipinski definition) is 3. The van der Waals surface area contributed by atoms with Crippen molar-refractivity contribution in [2.45, 2.75) is 38.4 Å². The number of carboxylic acids is 1.